The second kappa shape index (κ2) is 6.99. The standard InChI is InChI=1S/C19H24N4O/c1-13-6-5-9-23(11-13)19(24)17-10-18(21-12-20-17)22-16-8-4-7-14(2)15(16)3/h4,7-8,10,12-13H,5-6,9,11H2,1-3H3,(H,20,21,22). The van der Waals surface area contributed by atoms with Crippen LogP contribution in [0.3, 0.4) is 0 Å². The Morgan fingerprint density at radius 3 is 2.92 bits per heavy atom. The number of aryl methyl sites for hydroxylation is 1. The van der Waals surface area contributed by atoms with Crippen LogP contribution in [0.4, 0.5) is 11.5 Å². The van der Waals surface area contributed by atoms with Crippen molar-refractivity contribution in [3.05, 3.63) is 47.4 Å². The van der Waals surface area contributed by atoms with Crippen LogP contribution < -0.4 is 5.32 Å². The molecule has 24 heavy (non-hydrogen) atoms. The van der Waals surface area contributed by atoms with Gasteiger partial charge in [0, 0.05) is 24.8 Å². The molecule has 1 unspecified atom stereocenters. The molecule has 1 N–H and O–H groups in total. The Morgan fingerprint density at radius 2 is 2.12 bits per heavy atom. The maximum absolute atomic E-state index is 12.7. The summed E-state index contributed by atoms with van der Waals surface area (Å²) in [5, 5.41) is 3.30. The number of benzene rings is 1. The number of nitrogens with one attached hydrogen (secondary N) is 1. The van der Waals surface area contributed by atoms with Crippen LogP contribution in [0, 0.1) is 19.8 Å². The van der Waals surface area contributed by atoms with Crippen molar-refractivity contribution in [2.24, 2.45) is 5.92 Å². The number of amides is 1. The van der Waals surface area contributed by atoms with Gasteiger partial charge in [-0.3, -0.25) is 4.79 Å². The van der Waals surface area contributed by atoms with Crippen LogP contribution in [-0.2, 0) is 0 Å². The average molecular weight is 324 g/mol. The van der Waals surface area contributed by atoms with E-state index in [0.29, 0.717) is 17.4 Å². The van der Waals surface area contributed by atoms with Gasteiger partial charge in [0.15, 0.2) is 0 Å². The van der Waals surface area contributed by atoms with Gasteiger partial charge < -0.3 is 10.2 Å². The molecule has 0 saturated carbocycles. The van der Waals surface area contributed by atoms with Gasteiger partial charge >= 0.3 is 0 Å². The maximum Gasteiger partial charge on any atom is 0.272 e. The van der Waals surface area contributed by atoms with E-state index >= 15 is 0 Å². The summed E-state index contributed by atoms with van der Waals surface area (Å²) in [5.41, 5.74) is 3.84. The van der Waals surface area contributed by atoms with Crippen molar-refractivity contribution in [3.8, 4) is 0 Å². The molecule has 0 spiro atoms. The number of carbonyl (C=O) groups excluding carboxylic acids is 1. The lowest BCUT2D eigenvalue weighted by atomic mass is 10.00. The number of anilines is 2. The van der Waals surface area contributed by atoms with Crippen LogP contribution >= 0.6 is 0 Å². The number of rotatable bonds is 3. The van der Waals surface area contributed by atoms with Crippen LogP contribution in [0.15, 0.2) is 30.6 Å². The minimum absolute atomic E-state index is 0.00651. The molecule has 5 nitrogen and oxygen atoms in total. The molecular formula is C19H24N4O. The van der Waals surface area contributed by atoms with Gasteiger partial charge in [-0.2, -0.15) is 0 Å². The summed E-state index contributed by atoms with van der Waals surface area (Å²) in [5.74, 6) is 1.19. The number of likely N-dealkylation sites (tertiary alicyclic amines) is 1. The van der Waals surface area contributed by atoms with E-state index in [1.54, 1.807) is 6.07 Å². The molecule has 2 heterocycles. The number of piperidine rings is 1. The Labute approximate surface area is 143 Å². The molecule has 126 valence electrons. The van der Waals surface area contributed by atoms with Gasteiger partial charge in [-0.15, -0.1) is 0 Å². The molecule has 0 bridgehead atoms. The first kappa shape index (κ1) is 16.4. The van der Waals surface area contributed by atoms with Crippen molar-refractivity contribution in [2.75, 3.05) is 18.4 Å². The SMILES string of the molecule is Cc1cccc(Nc2cc(C(=O)N3CCCC(C)C3)ncn2)c1C. The van der Waals surface area contributed by atoms with E-state index in [2.05, 4.69) is 42.1 Å². The third-order valence-electron chi connectivity index (χ3n) is 4.70. The Bertz CT molecular complexity index is 744. The third-order valence-corrected chi connectivity index (χ3v) is 4.70. The summed E-state index contributed by atoms with van der Waals surface area (Å²) in [6, 6.07) is 7.83. The monoisotopic (exact) mass is 324 g/mol. The summed E-state index contributed by atoms with van der Waals surface area (Å²) >= 11 is 0. The predicted octanol–water partition coefficient (Wildman–Crippen LogP) is 3.71. The summed E-state index contributed by atoms with van der Waals surface area (Å²) in [6.07, 6.45) is 3.70. The third kappa shape index (κ3) is 3.55. The van der Waals surface area contributed by atoms with Gasteiger partial charge in [0.1, 0.15) is 17.8 Å². The Morgan fingerprint density at radius 1 is 1.29 bits per heavy atom. The molecular weight excluding hydrogens is 300 g/mol. The first-order valence-corrected chi connectivity index (χ1v) is 8.49. The van der Waals surface area contributed by atoms with E-state index in [1.807, 2.05) is 17.0 Å². The molecule has 0 radical (unpaired) electrons. The van der Waals surface area contributed by atoms with Gasteiger partial charge in [0.25, 0.3) is 5.91 Å². The number of hydrogen-bond acceptors (Lipinski definition) is 4. The number of nitrogens with zero attached hydrogens (tertiary/aromatic N) is 3. The lowest BCUT2D eigenvalue weighted by Gasteiger charge is -2.30. The fourth-order valence-electron chi connectivity index (χ4n) is 3.10. The van der Waals surface area contributed by atoms with Crippen LogP contribution in [0.1, 0.15) is 41.4 Å². The molecule has 5 heteroatoms. The number of aromatic nitrogens is 2. The Hall–Kier alpha value is -2.43. The molecule has 1 aromatic carbocycles. The van der Waals surface area contributed by atoms with Crippen molar-refractivity contribution in [1.82, 2.24) is 14.9 Å². The summed E-state index contributed by atoms with van der Waals surface area (Å²) in [7, 11) is 0. The van der Waals surface area contributed by atoms with E-state index in [-0.39, 0.29) is 5.91 Å². The molecule has 1 amide bonds. The van der Waals surface area contributed by atoms with E-state index < -0.39 is 0 Å². The second-order valence-corrected chi connectivity index (χ2v) is 6.66. The van der Waals surface area contributed by atoms with E-state index in [1.165, 1.54) is 23.9 Å². The van der Waals surface area contributed by atoms with Gasteiger partial charge in [0.05, 0.1) is 0 Å². The normalized spacial score (nSPS) is 17.6. The zero-order valence-corrected chi connectivity index (χ0v) is 14.5. The number of carbonyl (C=O) groups is 1. The highest BCUT2D eigenvalue weighted by Gasteiger charge is 2.23. The highest BCUT2D eigenvalue weighted by Crippen LogP contribution is 2.22. The summed E-state index contributed by atoms with van der Waals surface area (Å²) < 4.78 is 0. The highest BCUT2D eigenvalue weighted by atomic mass is 16.2. The van der Waals surface area contributed by atoms with E-state index in [4.69, 9.17) is 0 Å². The van der Waals surface area contributed by atoms with Crippen molar-refractivity contribution in [1.29, 1.82) is 0 Å². The zero-order valence-electron chi connectivity index (χ0n) is 14.5. The minimum Gasteiger partial charge on any atom is -0.340 e. The van der Waals surface area contributed by atoms with Gasteiger partial charge in [-0.25, -0.2) is 9.97 Å². The lowest BCUT2D eigenvalue weighted by molar-refractivity contribution is 0.0677. The molecule has 1 aromatic heterocycles. The average Bonchev–Trinajstić information content (AvgIpc) is 2.58. The molecule has 1 aliphatic heterocycles. The largest absolute Gasteiger partial charge is 0.340 e. The van der Waals surface area contributed by atoms with Crippen LogP contribution in [0.2, 0.25) is 0 Å². The van der Waals surface area contributed by atoms with E-state index in [9.17, 15) is 4.79 Å². The minimum atomic E-state index is -0.00651. The highest BCUT2D eigenvalue weighted by molar-refractivity contribution is 5.93. The second-order valence-electron chi connectivity index (χ2n) is 6.66. The first-order chi connectivity index (χ1) is 11.5. The molecule has 0 aliphatic carbocycles. The maximum atomic E-state index is 12.7. The molecule has 1 saturated heterocycles. The smallest absolute Gasteiger partial charge is 0.272 e. The first-order valence-electron chi connectivity index (χ1n) is 8.49. The lowest BCUT2D eigenvalue weighted by Crippen LogP contribution is -2.39. The fraction of sp³-hybridized carbons (Fsp3) is 0.421. The zero-order chi connectivity index (χ0) is 17.1. The van der Waals surface area contributed by atoms with Gasteiger partial charge in [-0.1, -0.05) is 19.1 Å². The van der Waals surface area contributed by atoms with Gasteiger partial charge in [-0.05, 0) is 49.8 Å². The Balaban J connectivity index is 1.79. The van der Waals surface area contributed by atoms with Gasteiger partial charge in [0.2, 0.25) is 0 Å². The van der Waals surface area contributed by atoms with Crippen LogP contribution in [-0.4, -0.2) is 33.9 Å². The Kier molecular flexibility index (Phi) is 4.79. The van der Waals surface area contributed by atoms with E-state index in [0.717, 1.165) is 25.2 Å². The molecule has 3 rings (SSSR count). The van der Waals surface area contributed by atoms with Crippen molar-refractivity contribution < 1.29 is 4.79 Å². The fourth-order valence-corrected chi connectivity index (χ4v) is 3.10. The molecule has 1 atom stereocenters. The van der Waals surface area contributed by atoms with Crippen LogP contribution in [0.25, 0.3) is 0 Å². The van der Waals surface area contributed by atoms with Crippen molar-refractivity contribution >= 4 is 17.4 Å². The summed E-state index contributed by atoms with van der Waals surface area (Å²) in [6.45, 7) is 7.95. The molecule has 1 fully saturated rings. The quantitative estimate of drug-likeness (QED) is 0.935. The summed E-state index contributed by atoms with van der Waals surface area (Å²) in [4.78, 5) is 23.0. The molecule has 2 aromatic rings. The van der Waals surface area contributed by atoms with Crippen LogP contribution in [0.5, 0.6) is 0 Å². The number of hydrogen-bond donors (Lipinski definition) is 1. The predicted molar refractivity (Wildman–Crippen MR) is 95.5 cm³/mol. The van der Waals surface area contributed by atoms with Crippen molar-refractivity contribution in [3.63, 3.8) is 0 Å². The van der Waals surface area contributed by atoms with Crippen molar-refractivity contribution in [2.45, 2.75) is 33.6 Å². The molecule has 1 aliphatic rings. The topological polar surface area (TPSA) is 58.1 Å².